The number of amides is 1. The second kappa shape index (κ2) is 5.59. The third-order valence-corrected chi connectivity index (χ3v) is 5.40. The molecule has 3 atom stereocenters. The quantitative estimate of drug-likeness (QED) is 0.769. The molecule has 1 saturated heterocycles. The molecule has 1 amide bonds. The molecule has 17 heavy (non-hydrogen) atoms. The average Bonchev–Trinajstić information content (AvgIpc) is 2.96. The highest BCUT2D eigenvalue weighted by Crippen LogP contribution is 2.37. The number of hydrogen-bond acceptors (Lipinski definition) is 4. The van der Waals surface area contributed by atoms with Gasteiger partial charge in [0.2, 0.25) is 5.91 Å². The molecule has 0 aromatic carbocycles. The molecule has 1 aliphatic heterocycles. The van der Waals surface area contributed by atoms with Gasteiger partial charge in [-0.15, -0.1) is 0 Å². The third kappa shape index (κ3) is 2.95. The zero-order valence-electron chi connectivity index (χ0n) is 10.4. The number of ether oxygens (including phenoxy) is 1. The molecule has 2 rings (SSSR count). The molecule has 0 aromatic rings. The molecule has 0 aromatic heterocycles. The van der Waals surface area contributed by atoms with Crippen LogP contribution in [0.3, 0.4) is 0 Å². The first-order chi connectivity index (χ1) is 8.16. The van der Waals surface area contributed by atoms with Crippen molar-refractivity contribution in [1.82, 2.24) is 5.32 Å². The fourth-order valence-corrected chi connectivity index (χ4v) is 4.17. The monoisotopic (exact) mass is 258 g/mol. The van der Waals surface area contributed by atoms with Gasteiger partial charge in [-0.1, -0.05) is 0 Å². The van der Waals surface area contributed by atoms with Gasteiger partial charge < -0.3 is 15.8 Å². The molecular formula is C12H22N2O2S. The lowest BCUT2D eigenvalue weighted by Crippen LogP contribution is -2.52. The summed E-state index contributed by atoms with van der Waals surface area (Å²) < 4.78 is 5.61. The largest absolute Gasteiger partial charge is 0.377 e. The fraction of sp³-hybridized carbons (Fsp3) is 0.917. The van der Waals surface area contributed by atoms with Gasteiger partial charge in [-0.05, 0) is 39.2 Å². The van der Waals surface area contributed by atoms with Crippen molar-refractivity contribution in [1.29, 1.82) is 0 Å². The highest BCUT2D eigenvalue weighted by atomic mass is 32.2. The van der Waals surface area contributed by atoms with E-state index in [0.717, 1.165) is 31.6 Å². The van der Waals surface area contributed by atoms with Crippen molar-refractivity contribution in [3.05, 3.63) is 0 Å². The van der Waals surface area contributed by atoms with Crippen LogP contribution in [0.15, 0.2) is 0 Å². The van der Waals surface area contributed by atoms with Gasteiger partial charge >= 0.3 is 0 Å². The molecule has 1 aliphatic carbocycles. The van der Waals surface area contributed by atoms with Crippen LogP contribution in [0, 0.1) is 0 Å². The minimum absolute atomic E-state index is 0.208. The predicted molar refractivity (Wildman–Crippen MR) is 70.1 cm³/mol. The van der Waals surface area contributed by atoms with Gasteiger partial charge in [-0.2, -0.15) is 11.8 Å². The van der Waals surface area contributed by atoms with E-state index >= 15 is 0 Å². The van der Waals surface area contributed by atoms with Crippen LogP contribution in [-0.4, -0.2) is 42.2 Å². The molecule has 0 bridgehead atoms. The van der Waals surface area contributed by atoms with Crippen molar-refractivity contribution in [2.45, 2.75) is 49.0 Å². The molecule has 98 valence electrons. The van der Waals surface area contributed by atoms with E-state index in [1.165, 1.54) is 12.8 Å². The maximum atomic E-state index is 11.5. The highest BCUT2D eigenvalue weighted by Gasteiger charge is 2.43. The lowest BCUT2D eigenvalue weighted by molar-refractivity contribution is -0.124. The van der Waals surface area contributed by atoms with E-state index in [2.05, 4.69) is 5.32 Å². The molecule has 2 fully saturated rings. The second-order valence-corrected chi connectivity index (χ2v) is 6.36. The second-order valence-electron chi connectivity index (χ2n) is 5.03. The summed E-state index contributed by atoms with van der Waals surface area (Å²) in [6, 6.07) is 0. The van der Waals surface area contributed by atoms with Crippen LogP contribution in [0.4, 0.5) is 0 Å². The Morgan fingerprint density at radius 3 is 2.94 bits per heavy atom. The van der Waals surface area contributed by atoms with Gasteiger partial charge in [-0.3, -0.25) is 4.79 Å². The summed E-state index contributed by atoms with van der Waals surface area (Å²) in [6.07, 6.45) is 5.60. The van der Waals surface area contributed by atoms with Crippen molar-refractivity contribution in [3.8, 4) is 0 Å². The van der Waals surface area contributed by atoms with Crippen molar-refractivity contribution in [3.63, 3.8) is 0 Å². The van der Waals surface area contributed by atoms with E-state index in [9.17, 15) is 4.79 Å². The van der Waals surface area contributed by atoms with Gasteiger partial charge in [0.1, 0.15) is 0 Å². The molecule has 4 nitrogen and oxygen atoms in total. The molecule has 1 heterocycles. The fourth-order valence-electron chi connectivity index (χ4n) is 2.74. The number of thioether (sulfide) groups is 1. The van der Waals surface area contributed by atoms with Crippen molar-refractivity contribution in [2.75, 3.05) is 19.4 Å². The maximum Gasteiger partial charge on any atom is 0.237 e. The summed E-state index contributed by atoms with van der Waals surface area (Å²) in [7, 11) is 1.83. The summed E-state index contributed by atoms with van der Waals surface area (Å²) in [5.41, 5.74) is 5.02. The minimum Gasteiger partial charge on any atom is -0.377 e. The number of likely N-dealkylation sites (N-methyl/N-ethyl adjacent to an activating group) is 1. The summed E-state index contributed by atoms with van der Waals surface area (Å²) in [5, 5.41) is 3.66. The van der Waals surface area contributed by atoms with Crippen molar-refractivity contribution < 1.29 is 9.53 Å². The Morgan fingerprint density at radius 1 is 1.59 bits per heavy atom. The van der Waals surface area contributed by atoms with E-state index in [4.69, 9.17) is 10.5 Å². The Labute approximate surface area is 107 Å². The lowest BCUT2D eigenvalue weighted by Gasteiger charge is -2.25. The summed E-state index contributed by atoms with van der Waals surface area (Å²) in [5.74, 6) is 0.851. The number of carbonyl (C=O) groups is 1. The standard InChI is InChI=1S/C12H22N2O2S/c1-14-12(11(13)15)5-4-10(7-12)17-8-9-3-2-6-16-9/h9-10,14H,2-8H2,1H3,(H2,13,15). The Kier molecular flexibility index (Phi) is 4.33. The SMILES string of the molecule is CNC1(C(N)=O)CCC(SCC2CCCO2)C1. The maximum absolute atomic E-state index is 11.5. The van der Waals surface area contributed by atoms with E-state index in [-0.39, 0.29) is 5.91 Å². The van der Waals surface area contributed by atoms with Crippen LogP contribution >= 0.6 is 11.8 Å². The van der Waals surface area contributed by atoms with E-state index in [1.807, 2.05) is 18.8 Å². The molecule has 2 aliphatic rings. The number of nitrogens with two attached hydrogens (primary N) is 1. The lowest BCUT2D eigenvalue weighted by atomic mass is 9.97. The minimum atomic E-state index is -0.464. The highest BCUT2D eigenvalue weighted by molar-refractivity contribution is 7.99. The number of carbonyl (C=O) groups excluding carboxylic acids is 1. The molecule has 1 saturated carbocycles. The molecule has 3 N–H and O–H groups in total. The van der Waals surface area contributed by atoms with Crippen LogP contribution in [0.25, 0.3) is 0 Å². The zero-order valence-corrected chi connectivity index (χ0v) is 11.2. The normalized spacial score (nSPS) is 37.5. The molecule has 0 radical (unpaired) electrons. The summed E-state index contributed by atoms with van der Waals surface area (Å²) >= 11 is 1.94. The Balaban J connectivity index is 1.78. The van der Waals surface area contributed by atoms with Gasteiger partial charge in [0.15, 0.2) is 0 Å². The first-order valence-corrected chi connectivity index (χ1v) is 7.43. The molecule has 5 heteroatoms. The summed E-state index contributed by atoms with van der Waals surface area (Å²) in [6.45, 7) is 0.914. The predicted octanol–water partition coefficient (Wildman–Crippen LogP) is 0.895. The van der Waals surface area contributed by atoms with Crippen LogP contribution in [-0.2, 0) is 9.53 Å². The van der Waals surface area contributed by atoms with E-state index < -0.39 is 5.54 Å². The van der Waals surface area contributed by atoms with Crippen LogP contribution < -0.4 is 11.1 Å². The summed E-state index contributed by atoms with van der Waals surface area (Å²) in [4.78, 5) is 11.5. The molecule has 3 unspecified atom stereocenters. The Bertz CT molecular complexity index is 282. The Hall–Kier alpha value is -0.260. The number of nitrogens with one attached hydrogen (secondary N) is 1. The van der Waals surface area contributed by atoms with Crippen LogP contribution in [0.1, 0.15) is 32.1 Å². The molecular weight excluding hydrogens is 236 g/mol. The topological polar surface area (TPSA) is 64.3 Å². The molecule has 0 spiro atoms. The number of primary amides is 1. The number of hydrogen-bond donors (Lipinski definition) is 2. The van der Waals surface area contributed by atoms with Gasteiger partial charge in [0, 0.05) is 17.6 Å². The van der Waals surface area contributed by atoms with E-state index in [0.29, 0.717) is 11.4 Å². The van der Waals surface area contributed by atoms with Crippen molar-refractivity contribution in [2.24, 2.45) is 5.73 Å². The first kappa shape index (κ1) is 13.2. The zero-order chi connectivity index (χ0) is 12.3. The van der Waals surface area contributed by atoms with Crippen molar-refractivity contribution >= 4 is 17.7 Å². The van der Waals surface area contributed by atoms with Gasteiger partial charge in [0.25, 0.3) is 0 Å². The van der Waals surface area contributed by atoms with Gasteiger partial charge in [0.05, 0.1) is 11.6 Å². The third-order valence-electron chi connectivity index (χ3n) is 3.96. The number of rotatable bonds is 5. The average molecular weight is 258 g/mol. The van der Waals surface area contributed by atoms with Crippen LogP contribution in [0.2, 0.25) is 0 Å². The smallest absolute Gasteiger partial charge is 0.237 e. The van der Waals surface area contributed by atoms with Crippen LogP contribution in [0.5, 0.6) is 0 Å². The van der Waals surface area contributed by atoms with E-state index in [1.54, 1.807) is 0 Å². The first-order valence-electron chi connectivity index (χ1n) is 6.38. The Morgan fingerprint density at radius 2 is 2.41 bits per heavy atom. The van der Waals surface area contributed by atoms with Gasteiger partial charge in [-0.25, -0.2) is 0 Å².